The molecule has 0 aromatic carbocycles. The molecule has 0 unspecified atom stereocenters. The summed E-state index contributed by atoms with van der Waals surface area (Å²) in [6, 6.07) is 2.03. The van der Waals surface area contributed by atoms with Crippen molar-refractivity contribution in [3.63, 3.8) is 0 Å². The van der Waals surface area contributed by atoms with Crippen LogP contribution in [0.1, 0.15) is 17.8 Å². The molecule has 18 heavy (non-hydrogen) atoms. The van der Waals surface area contributed by atoms with Gasteiger partial charge < -0.3 is 9.80 Å². The van der Waals surface area contributed by atoms with Gasteiger partial charge in [-0.2, -0.15) is 0 Å². The second-order valence-corrected chi connectivity index (χ2v) is 5.61. The first-order valence-corrected chi connectivity index (χ1v) is 7.67. The molecule has 0 atom stereocenters. The fourth-order valence-corrected chi connectivity index (χ4v) is 2.86. The maximum absolute atomic E-state index is 4.56. The number of anilines is 1. The lowest BCUT2D eigenvalue weighted by Crippen LogP contribution is -2.32. The van der Waals surface area contributed by atoms with E-state index in [0.717, 1.165) is 48.8 Å². The van der Waals surface area contributed by atoms with Crippen molar-refractivity contribution in [3.8, 4) is 0 Å². The summed E-state index contributed by atoms with van der Waals surface area (Å²) in [7, 11) is 0. The van der Waals surface area contributed by atoms with Gasteiger partial charge in [0.15, 0.2) is 0 Å². The molecule has 100 valence electrons. The Kier molecular flexibility index (Phi) is 4.95. The highest BCUT2D eigenvalue weighted by Crippen LogP contribution is 2.13. The predicted octanol–water partition coefficient (Wildman–Crippen LogP) is 2.00. The van der Waals surface area contributed by atoms with Crippen molar-refractivity contribution in [1.29, 1.82) is 0 Å². The van der Waals surface area contributed by atoms with Gasteiger partial charge in [0, 0.05) is 42.9 Å². The molecule has 0 N–H and O–H groups in total. The smallest absolute Gasteiger partial charge is 0.225 e. The third kappa shape index (κ3) is 3.65. The number of aromatic nitrogens is 2. The van der Waals surface area contributed by atoms with Crippen molar-refractivity contribution >= 4 is 21.9 Å². The van der Waals surface area contributed by atoms with Crippen LogP contribution in [0.5, 0.6) is 0 Å². The molecule has 1 aliphatic rings. The van der Waals surface area contributed by atoms with Gasteiger partial charge in [0.25, 0.3) is 0 Å². The summed E-state index contributed by atoms with van der Waals surface area (Å²) in [5.41, 5.74) is 2.11. The molecule has 1 aromatic heterocycles. The summed E-state index contributed by atoms with van der Waals surface area (Å²) in [6.45, 7) is 9.55. The number of halogens is 1. The Morgan fingerprint density at radius 3 is 2.50 bits per heavy atom. The minimum Gasteiger partial charge on any atom is -0.339 e. The maximum atomic E-state index is 4.56. The van der Waals surface area contributed by atoms with E-state index in [0.29, 0.717) is 0 Å². The van der Waals surface area contributed by atoms with Crippen LogP contribution < -0.4 is 4.90 Å². The maximum Gasteiger partial charge on any atom is 0.225 e. The molecule has 0 spiro atoms. The SMILES string of the molecule is Cc1cc(C)nc(N2CCCN(CCBr)CC2)n1. The molecule has 0 bridgehead atoms. The summed E-state index contributed by atoms with van der Waals surface area (Å²) in [5, 5.41) is 1.05. The molecule has 1 saturated heterocycles. The minimum absolute atomic E-state index is 0.896. The third-order valence-corrected chi connectivity index (χ3v) is 3.60. The van der Waals surface area contributed by atoms with E-state index in [1.54, 1.807) is 0 Å². The Labute approximate surface area is 118 Å². The lowest BCUT2D eigenvalue weighted by molar-refractivity contribution is 0.313. The van der Waals surface area contributed by atoms with E-state index in [9.17, 15) is 0 Å². The summed E-state index contributed by atoms with van der Waals surface area (Å²) < 4.78 is 0. The van der Waals surface area contributed by atoms with Crippen LogP contribution in [-0.4, -0.2) is 52.9 Å². The Balaban J connectivity index is 2.05. The van der Waals surface area contributed by atoms with Crippen LogP contribution in [-0.2, 0) is 0 Å². The molecule has 0 aliphatic carbocycles. The first-order chi connectivity index (χ1) is 8.69. The van der Waals surface area contributed by atoms with Crippen molar-refractivity contribution in [2.24, 2.45) is 0 Å². The van der Waals surface area contributed by atoms with E-state index in [4.69, 9.17) is 0 Å². The van der Waals surface area contributed by atoms with Gasteiger partial charge in [0.1, 0.15) is 0 Å². The topological polar surface area (TPSA) is 32.3 Å². The lowest BCUT2D eigenvalue weighted by atomic mass is 10.3. The van der Waals surface area contributed by atoms with Crippen LogP contribution in [0.2, 0.25) is 0 Å². The zero-order chi connectivity index (χ0) is 13.0. The normalized spacial score (nSPS) is 17.8. The van der Waals surface area contributed by atoms with Crippen LogP contribution in [0, 0.1) is 13.8 Å². The van der Waals surface area contributed by atoms with Crippen molar-refractivity contribution < 1.29 is 0 Å². The van der Waals surface area contributed by atoms with Gasteiger partial charge in [-0.25, -0.2) is 9.97 Å². The number of hydrogen-bond donors (Lipinski definition) is 0. The molecular formula is C13H21BrN4. The fraction of sp³-hybridized carbons (Fsp3) is 0.692. The summed E-state index contributed by atoms with van der Waals surface area (Å²) in [4.78, 5) is 13.9. The Hall–Kier alpha value is -0.680. The second-order valence-electron chi connectivity index (χ2n) is 4.82. The number of alkyl halides is 1. The van der Waals surface area contributed by atoms with Crippen molar-refractivity contribution in [2.45, 2.75) is 20.3 Å². The minimum atomic E-state index is 0.896. The highest BCUT2D eigenvalue weighted by molar-refractivity contribution is 9.09. The van der Waals surface area contributed by atoms with Gasteiger partial charge >= 0.3 is 0 Å². The molecule has 0 saturated carbocycles. The van der Waals surface area contributed by atoms with Crippen LogP contribution >= 0.6 is 15.9 Å². The van der Waals surface area contributed by atoms with Crippen LogP contribution in [0.25, 0.3) is 0 Å². The standard InChI is InChI=1S/C13H21BrN4/c1-11-10-12(2)16-13(15-11)18-6-3-5-17(7-4-14)8-9-18/h10H,3-9H2,1-2H3. The first kappa shape index (κ1) is 13.7. The van der Waals surface area contributed by atoms with Crippen LogP contribution in [0.15, 0.2) is 6.07 Å². The van der Waals surface area contributed by atoms with Crippen molar-refractivity contribution in [3.05, 3.63) is 17.5 Å². The molecular weight excluding hydrogens is 292 g/mol. The van der Waals surface area contributed by atoms with Gasteiger partial charge in [0.05, 0.1) is 0 Å². The molecule has 1 aromatic rings. The predicted molar refractivity (Wildman–Crippen MR) is 78.6 cm³/mol. The third-order valence-electron chi connectivity index (χ3n) is 3.24. The summed E-state index contributed by atoms with van der Waals surface area (Å²) in [6.07, 6.45) is 1.18. The first-order valence-electron chi connectivity index (χ1n) is 6.54. The van der Waals surface area contributed by atoms with E-state index < -0.39 is 0 Å². The number of nitrogens with zero attached hydrogens (tertiary/aromatic N) is 4. The van der Waals surface area contributed by atoms with Crippen molar-refractivity contribution in [2.75, 3.05) is 43.0 Å². The monoisotopic (exact) mass is 312 g/mol. The fourth-order valence-electron chi connectivity index (χ4n) is 2.36. The summed E-state index contributed by atoms with van der Waals surface area (Å²) in [5.74, 6) is 0.896. The second kappa shape index (κ2) is 6.48. The Morgan fingerprint density at radius 2 is 1.83 bits per heavy atom. The number of hydrogen-bond acceptors (Lipinski definition) is 4. The van der Waals surface area contributed by atoms with Gasteiger partial charge in [-0.1, -0.05) is 15.9 Å². The largest absolute Gasteiger partial charge is 0.339 e. The quantitative estimate of drug-likeness (QED) is 0.799. The van der Waals surface area contributed by atoms with E-state index in [1.165, 1.54) is 13.0 Å². The molecule has 1 aliphatic heterocycles. The summed E-state index contributed by atoms with van der Waals surface area (Å²) >= 11 is 3.51. The average molecular weight is 313 g/mol. The molecule has 0 radical (unpaired) electrons. The zero-order valence-corrected chi connectivity index (χ0v) is 12.8. The number of aryl methyl sites for hydroxylation is 2. The van der Waals surface area contributed by atoms with E-state index in [2.05, 4.69) is 35.7 Å². The van der Waals surface area contributed by atoms with Gasteiger partial charge in [-0.05, 0) is 32.9 Å². The van der Waals surface area contributed by atoms with Gasteiger partial charge in [-0.3, -0.25) is 0 Å². The molecule has 2 rings (SSSR count). The Bertz CT molecular complexity index is 376. The molecule has 5 heteroatoms. The lowest BCUT2D eigenvalue weighted by Gasteiger charge is -2.21. The van der Waals surface area contributed by atoms with E-state index in [-0.39, 0.29) is 0 Å². The van der Waals surface area contributed by atoms with Gasteiger partial charge in [0.2, 0.25) is 5.95 Å². The van der Waals surface area contributed by atoms with E-state index in [1.807, 2.05) is 19.9 Å². The highest BCUT2D eigenvalue weighted by atomic mass is 79.9. The highest BCUT2D eigenvalue weighted by Gasteiger charge is 2.16. The Morgan fingerprint density at radius 1 is 1.11 bits per heavy atom. The van der Waals surface area contributed by atoms with Crippen LogP contribution in [0.3, 0.4) is 0 Å². The molecule has 2 heterocycles. The molecule has 4 nitrogen and oxygen atoms in total. The zero-order valence-electron chi connectivity index (χ0n) is 11.2. The van der Waals surface area contributed by atoms with Crippen LogP contribution in [0.4, 0.5) is 5.95 Å². The molecule has 0 amide bonds. The number of rotatable bonds is 3. The van der Waals surface area contributed by atoms with E-state index >= 15 is 0 Å². The van der Waals surface area contributed by atoms with Gasteiger partial charge in [-0.15, -0.1) is 0 Å². The molecule has 1 fully saturated rings. The average Bonchev–Trinajstić information content (AvgIpc) is 2.54. The van der Waals surface area contributed by atoms with Crippen molar-refractivity contribution in [1.82, 2.24) is 14.9 Å².